The van der Waals surface area contributed by atoms with Crippen molar-refractivity contribution in [3.8, 4) is 0 Å². The average molecular weight is 232 g/mol. The molecule has 0 aliphatic heterocycles. The molecule has 0 aromatic carbocycles. The van der Waals surface area contributed by atoms with Crippen molar-refractivity contribution < 1.29 is 9.90 Å². The third-order valence-electron chi connectivity index (χ3n) is 0.946. The lowest BCUT2D eigenvalue weighted by Crippen LogP contribution is -1.78. The van der Waals surface area contributed by atoms with Gasteiger partial charge in [-0.15, -0.1) is 0 Å². The number of carboxylic acid groups (broad SMARTS) is 1. The number of carbonyl (C=O) groups is 1. The first-order valence-corrected chi connectivity index (χ1v) is 4.10. The summed E-state index contributed by atoms with van der Waals surface area (Å²) in [5.74, 6) is -0.833. The highest BCUT2D eigenvalue weighted by Crippen LogP contribution is 2.09. The fraction of sp³-hybridized carbons (Fsp3) is 0.250. The Kier molecular flexibility index (Phi) is 5.28. The minimum atomic E-state index is -0.833. The number of carboxylic acids is 1. The van der Waals surface area contributed by atoms with Crippen molar-refractivity contribution in [3.05, 3.63) is 28.5 Å². The van der Waals surface area contributed by atoms with Gasteiger partial charge in [-0.3, -0.25) is 4.79 Å². The van der Waals surface area contributed by atoms with Crippen LogP contribution in [0.3, 0.4) is 0 Å². The summed E-state index contributed by atoms with van der Waals surface area (Å²) in [6.07, 6.45) is 1.76. The van der Waals surface area contributed by atoms with Gasteiger partial charge in [0.2, 0.25) is 0 Å². The van der Waals surface area contributed by atoms with Crippen molar-refractivity contribution in [1.29, 1.82) is 0 Å². The highest BCUT2D eigenvalue weighted by Gasteiger charge is 1.87. The zero-order valence-corrected chi connectivity index (χ0v) is 8.50. The molecule has 12 heavy (non-hydrogen) atoms. The summed E-state index contributed by atoms with van der Waals surface area (Å²) in [5, 5.41) is 7.42. The first-order chi connectivity index (χ1) is 5.54. The van der Waals surface area contributed by atoms with Crippen molar-refractivity contribution in [2.45, 2.75) is 13.8 Å². The second-order valence-corrected chi connectivity index (χ2v) is 2.88. The Morgan fingerprint density at radius 1 is 1.67 bits per heavy atom. The maximum Gasteiger partial charge on any atom is 0.300 e. The number of aliphatic carboxylic acids is 1. The van der Waals surface area contributed by atoms with Crippen LogP contribution in [0, 0.1) is 6.92 Å². The van der Waals surface area contributed by atoms with Crippen LogP contribution in [0.1, 0.15) is 12.5 Å². The van der Waals surface area contributed by atoms with Gasteiger partial charge in [0.25, 0.3) is 5.97 Å². The topological polar surface area (TPSA) is 50.2 Å². The van der Waals surface area contributed by atoms with E-state index >= 15 is 0 Å². The molecule has 0 fully saturated rings. The summed E-state index contributed by atoms with van der Waals surface area (Å²) < 4.78 is 0.931. The maximum atomic E-state index is 9.00. The number of hydrogen-bond donors (Lipinski definition) is 1. The summed E-state index contributed by atoms with van der Waals surface area (Å²) in [4.78, 5) is 13.0. The molecule has 0 saturated heterocycles. The molecule has 3 nitrogen and oxygen atoms in total. The van der Waals surface area contributed by atoms with Gasteiger partial charge in [0.05, 0.1) is 0 Å². The van der Waals surface area contributed by atoms with Crippen LogP contribution in [0.4, 0.5) is 0 Å². The van der Waals surface area contributed by atoms with Crippen LogP contribution in [0.25, 0.3) is 0 Å². The number of pyridine rings is 1. The smallest absolute Gasteiger partial charge is 0.300 e. The number of nitrogens with zero attached hydrogens (tertiary/aromatic N) is 1. The van der Waals surface area contributed by atoms with Crippen LogP contribution in [-0.4, -0.2) is 16.1 Å². The van der Waals surface area contributed by atoms with E-state index in [9.17, 15) is 0 Å². The van der Waals surface area contributed by atoms with Crippen molar-refractivity contribution in [2.75, 3.05) is 0 Å². The highest BCUT2D eigenvalue weighted by molar-refractivity contribution is 9.10. The molecular formula is C8H10BrNO2. The Balaban J connectivity index is 0.000000261. The van der Waals surface area contributed by atoms with E-state index in [1.165, 1.54) is 5.56 Å². The Bertz CT molecular complexity index is 238. The molecule has 1 heterocycles. The summed E-state index contributed by atoms with van der Waals surface area (Å²) in [7, 11) is 0. The lowest BCUT2D eigenvalue weighted by atomic mass is 10.3. The van der Waals surface area contributed by atoms with Crippen LogP contribution in [0.5, 0.6) is 0 Å². The Morgan fingerprint density at radius 3 is 2.42 bits per heavy atom. The van der Waals surface area contributed by atoms with Gasteiger partial charge in [-0.05, 0) is 34.5 Å². The summed E-state index contributed by atoms with van der Waals surface area (Å²) in [6, 6.07) is 3.93. The molecule has 1 aromatic heterocycles. The molecular weight excluding hydrogens is 222 g/mol. The SMILES string of the molecule is CC(=O)O.Cc1cccnc1Br. The minimum absolute atomic E-state index is 0.833. The number of halogens is 1. The van der Waals surface area contributed by atoms with Gasteiger partial charge >= 0.3 is 0 Å². The molecule has 0 saturated carbocycles. The molecule has 0 aliphatic carbocycles. The summed E-state index contributed by atoms with van der Waals surface area (Å²) >= 11 is 3.28. The van der Waals surface area contributed by atoms with Gasteiger partial charge in [-0.1, -0.05) is 6.07 Å². The fourth-order valence-corrected chi connectivity index (χ4v) is 0.717. The lowest BCUT2D eigenvalue weighted by Gasteiger charge is -1.90. The number of rotatable bonds is 0. The quantitative estimate of drug-likeness (QED) is 0.698. The van der Waals surface area contributed by atoms with E-state index in [0.717, 1.165) is 11.5 Å². The second-order valence-electron chi connectivity index (χ2n) is 2.13. The zero-order chi connectivity index (χ0) is 9.56. The summed E-state index contributed by atoms with van der Waals surface area (Å²) in [5.41, 5.74) is 1.17. The second kappa shape index (κ2) is 5.71. The molecule has 1 aromatic rings. The maximum absolute atomic E-state index is 9.00. The molecule has 4 heteroatoms. The Hall–Kier alpha value is -0.900. The third kappa shape index (κ3) is 5.85. The Morgan fingerprint density at radius 2 is 2.17 bits per heavy atom. The fourth-order valence-electron chi connectivity index (χ4n) is 0.466. The van der Waals surface area contributed by atoms with Crippen LogP contribution in [-0.2, 0) is 4.79 Å². The first kappa shape index (κ1) is 11.1. The van der Waals surface area contributed by atoms with Crippen molar-refractivity contribution in [2.24, 2.45) is 0 Å². The lowest BCUT2D eigenvalue weighted by molar-refractivity contribution is -0.134. The van der Waals surface area contributed by atoms with Crippen molar-refractivity contribution in [3.63, 3.8) is 0 Å². The van der Waals surface area contributed by atoms with E-state index in [2.05, 4.69) is 20.9 Å². The van der Waals surface area contributed by atoms with E-state index in [1.807, 2.05) is 19.1 Å². The minimum Gasteiger partial charge on any atom is -0.481 e. The van der Waals surface area contributed by atoms with Crippen LogP contribution < -0.4 is 0 Å². The van der Waals surface area contributed by atoms with E-state index in [1.54, 1.807) is 6.20 Å². The monoisotopic (exact) mass is 231 g/mol. The molecule has 0 radical (unpaired) electrons. The van der Waals surface area contributed by atoms with Gasteiger partial charge in [0.15, 0.2) is 0 Å². The van der Waals surface area contributed by atoms with Gasteiger partial charge in [-0.25, -0.2) is 4.98 Å². The van der Waals surface area contributed by atoms with E-state index < -0.39 is 5.97 Å². The number of hydrogen-bond acceptors (Lipinski definition) is 2. The van der Waals surface area contributed by atoms with Gasteiger partial charge in [-0.2, -0.15) is 0 Å². The predicted octanol–water partition coefficient (Wildman–Crippen LogP) is 2.24. The molecule has 0 atom stereocenters. The largest absolute Gasteiger partial charge is 0.481 e. The van der Waals surface area contributed by atoms with Crippen LogP contribution >= 0.6 is 15.9 Å². The predicted molar refractivity (Wildman–Crippen MR) is 50.0 cm³/mol. The molecule has 66 valence electrons. The molecule has 0 amide bonds. The molecule has 0 aliphatic rings. The molecule has 0 spiro atoms. The van der Waals surface area contributed by atoms with Gasteiger partial charge in [0.1, 0.15) is 4.60 Å². The van der Waals surface area contributed by atoms with E-state index in [0.29, 0.717) is 0 Å². The molecule has 1 rings (SSSR count). The normalized spacial score (nSPS) is 8.25. The molecule has 0 bridgehead atoms. The van der Waals surface area contributed by atoms with Crippen molar-refractivity contribution in [1.82, 2.24) is 4.98 Å². The molecule has 0 unspecified atom stereocenters. The summed E-state index contributed by atoms with van der Waals surface area (Å²) in [6.45, 7) is 3.09. The Labute approximate surface area is 79.6 Å². The van der Waals surface area contributed by atoms with Crippen LogP contribution in [0.15, 0.2) is 22.9 Å². The number of aryl methyl sites for hydroxylation is 1. The zero-order valence-electron chi connectivity index (χ0n) is 6.91. The highest BCUT2D eigenvalue weighted by atomic mass is 79.9. The molecule has 1 N–H and O–H groups in total. The first-order valence-electron chi connectivity index (χ1n) is 3.30. The standard InChI is InChI=1S/C6H6BrN.C2H4O2/c1-5-3-2-4-8-6(5)7;1-2(3)4/h2-4H,1H3;1H3,(H,3,4). The van der Waals surface area contributed by atoms with E-state index in [4.69, 9.17) is 9.90 Å². The van der Waals surface area contributed by atoms with Gasteiger partial charge < -0.3 is 5.11 Å². The van der Waals surface area contributed by atoms with Gasteiger partial charge in [0, 0.05) is 13.1 Å². The van der Waals surface area contributed by atoms with Crippen LogP contribution in [0.2, 0.25) is 0 Å². The average Bonchev–Trinajstić information content (AvgIpc) is 1.94. The van der Waals surface area contributed by atoms with E-state index in [-0.39, 0.29) is 0 Å². The third-order valence-corrected chi connectivity index (χ3v) is 1.78. The van der Waals surface area contributed by atoms with Crippen molar-refractivity contribution >= 4 is 21.9 Å². The number of aromatic nitrogens is 1.